The summed E-state index contributed by atoms with van der Waals surface area (Å²) in [5, 5.41) is 14.7. The van der Waals surface area contributed by atoms with Gasteiger partial charge in [0, 0.05) is 13.2 Å². The Labute approximate surface area is 183 Å². The number of nitrogens with one attached hydrogen (secondary N) is 2. The second kappa shape index (κ2) is 12.2. The number of rotatable bonds is 6. The van der Waals surface area contributed by atoms with E-state index in [0.717, 1.165) is 0 Å². The number of hydrogen-bond acceptors (Lipinski definition) is 6. The number of allylic oxidation sites excluding steroid dienone is 2. The average molecular weight is 433 g/mol. The molecule has 1 aromatic carbocycles. The molecule has 2 rings (SSSR count). The maximum absolute atomic E-state index is 13.1. The summed E-state index contributed by atoms with van der Waals surface area (Å²) in [5.74, 6) is -2.73. The molecule has 170 valence electrons. The van der Waals surface area contributed by atoms with E-state index in [1.165, 1.54) is 7.11 Å². The van der Waals surface area contributed by atoms with Gasteiger partial charge in [0.2, 0.25) is 11.8 Å². The fourth-order valence-electron chi connectivity index (χ4n) is 3.29. The Balaban J connectivity index is 2.39. The Bertz CT molecular complexity index is 767. The highest BCUT2D eigenvalue weighted by atomic mass is 16.5. The number of ether oxygens (including phenoxy) is 2. The fraction of sp³-hybridized carbons (Fsp3) is 0.522. The molecule has 0 saturated carbocycles. The van der Waals surface area contributed by atoms with E-state index in [4.69, 9.17) is 9.47 Å². The number of benzene rings is 1. The van der Waals surface area contributed by atoms with Gasteiger partial charge in [-0.2, -0.15) is 0 Å². The van der Waals surface area contributed by atoms with Gasteiger partial charge in [0.1, 0.15) is 12.0 Å². The summed E-state index contributed by atoms with van der Waals surface area (Å²) in [4.78, 5) is 38.5. The molecule has 3 N–H and O–H groups in total. The van der Waals surface area contributed by atoms with E-state index in [2.05, 4.69) is 10.6 Å². The first-order chi connectivity index (χ1) is 14.9. The number of aliphatic hydroxyl groups excluding tert-OH is 1. The van der Waals surface area contributed by atoms with Gasteiger partial charge in [-0.3, -0.25) is 14.4 Å². The van der Waals surface area contributed by atoms with Crippen LogP contribution < -0.4 is 10.6 Å². The minimum atomic E-state index is -0.994. The van der Waals surface area contributed by atoms with E-state index in [0.29, 0.717) is 12.0 Å². The number of esters is 1. The molecule has 0 saturated heterocycles. The Morgan fingerprint density at radius 1 is 1.26 bits per heavy atom. The number of methoxy groups -OCH3 is 1. The Morgan fingerprint density at radius 3 is 2.58 bits per heavy atom. The van der Waals surface area contributed by atoms with Crippen LogP contribution in [0.4, 0.5) is 0 Å². The smallest absolute Gasteiger partial charge is 0.309 e. The third kappa shape index (κ3) is 7.18. The summed E-state index contributed by atoms with van der Waals surface area (Å²) in [5.41, 5.74) is 0.716. The second-order valence-corrected chi connectivity index (χ2v) is 7.83. The minimum absolute atomic E-state index is 0.0875. The van der Waals surface area contributed by atoms with E-state index < -0.39 is 35.9 Å². The molecule has 4 unspecified atom stereocenters. The first kappa shape index (κ1) is 24.6. The quantitative estimate of drug-likeness (QED) is 0.357. The molecule has 1 heterocycles. The van der Waals surface area contributed by atoms with Crippen LogP contribution in [-0.2, 0) is 23.9 Å². The van der Waals surface area contributed by atoms with Gasteiger partial charge in [-0.15, -0.1) is 0 Å². The fourth-order valence-corrected chi connectivity index (χ4v) is 3.29. The summed E-state index contributed by atoms with van der Waals surface area (Å²) >= 11 is 0. The highest BCUT2D eigenvalue weighted by Gasteiger charge is 2.34. The molecule has 0 fully saturated rings. The third-order valence-corrected chi connectivity index (χ3v) is 5.14. The lowest BCUT2D eigenvalue weighted by Crippen LogP contribution is -2.50. The zero-order valence-electron chi connectivity index (χ0n) is 18.2. The van der Waals surface area contributed by atoms with Crippen LogP contribution in [0, 0.1) is 11.8 Å². The molecule has 5 atom stereocenters. The third-order valence-electron chi connectivity index (χ3n) is 5.14. The molecule has 31 heavy (non-hydrogen) atoms. The molecule has 0 spiro atoms. The Morgan fingerprint density at radius 2 is 1.94 bits per heavy atom. The van der Waals surface area contributed by atoms with Crippen molar-refractivity contribution in [3.8, 4) is 0 Å². The van der Waals surface area contributed by atoms with E-state index in [-0.39, 0.29) is 31.5 Å². The van der Waals surface area contributed by atoms with Crippen LogP contribution in [0.3, 0.4) is 0 Å². The van der Waals surface area contributed by atoms with Crippen molar-refractivity contribution in [2.45, 2.75) is 44.9 Å². The number of cyclic esters (lactones) is 1. The zero-order chi connectivity index (χ0) is 22.8. The lowest BCUT2D eigenvalue weighted by molar-refractivity contribution is -0.157. The van der Waals surface area contributed by atoms with Crippen LogP contribution in [0.25, 0.3) is 0 Å². The number of hydrogen-bond donors (Lipinski definition) is 3. The molecule has 8 heteroatoms. The van der Waals surface area contributed by atoms with Crippen molar-refractivity contribution < 1.29 is 29.0 Å². The van der Waals surface area contributed by atoms with Gasteiger partial charge < -0.3 is 25.2 Å². The monoisotopic (exact) mass is 432 g/mol. The van der Waals surface area contributed by atoms with Crippen molar-refractivity contribution >= 4 is 17.8 Å². The van der Waals surface area contributed by atoms with Crippen molar-refractivity contribution in [2.24, 2.45) is 11.8 Å². The summed E-state index contributed by atoms with van der Waals surface area (Å²) < 4.78 is 11.1. The van der Waals surface area contributed by atoms with E-state index in [9.17, 15) is 19.5 Å². The molecule has 0 aliphatic carbocycles. The molecule has 1 aliphatic rings. The van der Waals surface area contributed by atoms with E-state index >= 15 is 0 Å². The number of carbonyl (C=O) groups is 3. The molecule has 0 bridgehead atoms. The number of aliphatic hydroxyl groups is 1. The van der Waals surface area contributed by atoms with Crippen LogP contribution in [0.2, 0.25) is 0 Å². The molecule has 8 nitrogen and oxygen atoms in total. The van der Waals surface area contributed by atoms with Gasteiger partial charge in [-0.05, 0) is 25.3 Å². The number of carbonyl (C=O) groups excluding carboxylic acids is 3. The highest BCUT2D eigenvalue weighted by molar-refractivity contribution is 6.00. The lowest BCUT2D eigenvalue weighted by Gasteiger charge is -2.30. The Kier molecular flexibility index (Phi) is 9.68. The van der Waals surface area contributed by atoms with E-state index in [1.54, 1.807) is 26.0 Å². The second-order valence-electron chi connectivity index (χ2n) is 7.83. The average Bonchev–Trinajstić information content (AvgIpc) is 2.76. The first-order valence-electron chi connectivity index (χ1n) is 10.5. The molecule has 0 aromatic heterocycles. The highest BCUT2D eigenvalue weighted by Crippen LogP contribution is 2.25. The molecular weight excluding hydrogens is 400 g/mol. The van der Waals surface area contributed by atoms with Crippen LogP contribution >= 0.6 is 0 Å². The summed E-state index contributed by atoms with van der Waals surface area (Å²) in [6.07, 6.45) is 3.33. The Hall–Kier alpha value is -2.71. The van der Waals surface area contributed by atoms with Gasteiger partial charge in [0.05, 0.1) is 25.2 Å². The number of amides is 2. The maximum atomic E-state index is 13.1. The SMILES string of the molecule is COCC1NC(=O)C(C(=O)N[C@@H](C)CO)CC=CCC(C)C(=O)OC1c1ccccc1. The van der Waals surface area contributed by atoms with Gasteiger partial charge in [0.15, 0.2) is 0 Å². The van der Waals surface area contributed by atoms with Gasteiger partial charge in [0.25, 0.3) is 0 Å². The van der Waals surface area contributed by atoms with Crippen molar-refractivity contribution in [1.82, 2.24) is 10.6 Å². The molecular formula is C23H32N2O6. The van der Waals surface area contributed by atoms with Gasteiger partial charge >= 0.3 is 5.97 Å². The predicted molar refractivity (Wildman–Crippen MR) is 115 cm³/mol. The van der Waals surface area contributed by atoms with E-state index in [1.807, 2.05) is 30.3 Å². The summed E-state index contributed by atoms with van der Waals surface area (Å²) in [6.45, 7) is 3.29. The zero-order valence-corrected chi connectivity index (χ0v) is 18.2. The topological polar surface area (TPSA) is 114 Å². The largest absolute Gasteiger partial charge is 0.455 e. The molecule has 1 aliphatic heterocycles. The van der Waals surface area contributed by atoms with Gasteiger partial charge in [-0.25, -0.2) is 0 Å². The van der Waals surface area contributed by atoms with Crippen molar-refractivity contribution in [3.63, 3.8) is 0 Å². The normalized spacial score (nSPS) is 26.1. The summed E-state index contributed by atoms with van der Waals surface area (Å²) in [7, 11) is 1.49. The van der Waals surface area contributed by atoms with Crippen molar-refractivity contribution in [3.05, 3.63) is 48.0 Å². The lowest BCUT2D eigenvalue weighted by atomic mass is 9.97. The van der Waals surface area contributed by atoms with Crippen LogP contribution in [0.5, 0.6) is 0 Å². The molecule has 2 amide bonds. The summed E-state index contributed by atoms with van der Waals surface area (Å²) in [6, 6.07) is 7.96. The standard InChI is InChI=1S/C23H32N2O6/c1-15-9-7-8-12-18(21(27)24-16(2)13-26)22(28)25-19(14-30-3)20(31-23(15)29)17-10-5-4-6-11-17/h4-8,10-11,15-16,18-20,26H,9,12-14H2,1-3H3,(H,24,27)(H,25,28)/t15?,16-,18?,19?,20?/m0/s1. The predicted octanol–water partition coefficient (Wildman–Crippen LogP) is 1.50. The van der Waals surface area contributed by atoms with Crippen LogP contribution in [0.15, 0.2) is 42.5 Å². The minimum Gasteiger partial charge on any atom is -0.455 e. The molecule has 1 aromatic rings. The van der Waals surface area contributed by atoms with Crippen molar-refractivity contribution in [1.29, 1.82) is 0 Å². The van der Waals surface area contributed by atoms with Gasteiger partial charge in [-0.1, -0.05) is 49.4 Å². The van der Waals surface area contributed by atoms with Crippen molar-refractivity contribution in [2.75, 3.05) is 20.3 Å². The molecule has 0 radical (unpaired) electrons. The van der Waals surface area contributed by atoms with Crippen LogP contribution in [0.1, 0.15) is 38.4 Å². The van der Waals surface area contributed by atoms with Crippen LogP contribution in [-0.4, -0.2) is 55.3 Å². The first-order valence-corrected chi connectivity index (χ1v) is 10.5. The maximum Gasteiger partial charge on any atom is 0.309 e.